The zero-order valence-electron chi connectivity index (χ0n) is 21.7. The number of nitrogens with zero attached hydrogens (tertiary/aromatic N) is 2. The van der Waals surface area contributed by atoms with Crippen LogP contribution in [0.4, 0.5) is 0 Å². The largest absolute Gasteiger partial charge is 0.508 e. The first-order valence-corrected chi connectivity index (χ1v) is 13.0. The van der Waals surface area contributed by atoms with Crippen molar-refractivity contribution in [3.8, 4) is 5.75 Å². The summed E-state index contributed by atoms with van der Waals surface area (Å²) in [6, 6.07) is 2.37. The molecule has 4 atom stereocenters. The van der Waals surface area contributed by atoms with Gasteiger partial charge in [0.1, 0.15) is 23.9 Å². The lowest BCUT2D eigenvalue weighted by Crippen LogP contribution is -2.57. The fourth-order valence-corrected chi connectivity index (χ4v) is 4.60. The molecule has 0 aliphatic carbocycles. The Morgan fingerprint density at radius 3 is 2.49 bits per heavy atom. The number of nitrogens with two attached hydrogens (primary N) is 2. The standard InChI is InChI=1S/C26H37N7O6/c27-10-2-1-4-20(26(38)39)31-24(36)22-5-3-11-33(22)25(37)21(13-17-14-29-15-30-17)32-23(35)19(28)12-16-6-8-18(34)9-7-16/h6-9,14-15,19-22,34H,1-5,10-13,27-28H2,(H,29,30)(H,31,36)(H,32,35)(H,38,39). The number of rotatable bonds is 14. The smallest absolute Gasteiger partial charge is 0.326 e. The van der Waals surface area contributed by atoms with E-state index in [1.807, 2.05) is 0 Å². The Balaban J connectivity index is 1.70. The summed E-state index contributed by atoms with van der Waals surface area (Å²) in [5.41, 5.74) is 13.0. The number of benzene rings is 1. The predicted octanol–water partition coefficient (Wildman–Crippen LogP) is -0.598. The fourth-order valence-electron chi connectivity index (χ4n) is 4.60. The number of carbonyl (C=O) groups excluding carboxylic acids is 3. The van der Waals surface area contributed by atoms with Gasteiger partial charge in [-0.25, -0.2) is 9.78 Å². The minimum atomic E-state index is -1.15. The van der Waals surface area contributed by atoms with E-state index < -0.39 is 47.9 Å². The number of phenolic OH excluding ortho intramolecular Hbond substituents is 1. The number of carboxylic acid groups (broad SMARTS) is 1. The molecule has 0 radical (unpaired) electrons. The molecule has 39 heavy (non-hydrogen) atoms. The van der Waals surface area contributed by atoms with Crippen LogP contribution in [0.3, 0.4) is 0 Å². The molecule has 4 unspecified atom stereocenters. The molecule has 2 aromatic rings. The topological polar surface area (TPSA) is 217 Å². The van der Waals surface area contributed by atoms with Crippen molar-refractivity contribution in [2.24, 2.45) is 11.5 Å². The second-order valence-corrected chi connectivity index (χ2v) is 9.69. The first-order chi connectivity index (χ1) is 18.7. The second-order valence-electron chi connectivity index (χ2n) is 9.69. The lowest BCUT2D eigenvalue weighted by atomic mass is 10.0. The maximum atomic E-state index is 13.7. The van der Waals surface area contributed by atoms with Gasteiger partial charge in [-0.15, -0.1) is 0 Å². The molecule has 3 rings (SSSR count). The van der Waals surface area contributed by atoms with Crippen LogP contribution in [-0.2, 0) is 32.0 Å². The third-order valence-corrected chi connectivity index (χ3v) is 6.72. The van der Waals surface area contributed by atoms with Crippen molar-refractivity contribution >= 4 is 23.7 Å². The molecular formula is C26H37N7O6. The molecule has 1 fully saturated rings. The normalized spacial score (nSPS) is 17.3. The van der Waals surface area contributed by atoms with E-state index in [4.69, 9.17) is 11.5 Å². The molecule has 0 saturated carbocycles. The Bertz CT molecular complexity index is 1110. The number of H-pyrrole nitrogens is 1. The number of aliphatic carboxylic acids is 1. The molecule has 3 amide bonds. The summed E-state index contributed by atoms with van der Waals surface area (Å²) in [6.07, 6.45) is 5.62. The quantitative estimate of drug-likeness (QED) is 0.151. The zero-order chi connectivity index (χ0) is 28.4. The van der Waals surface area contributed by atoms with Crippen molar-refractivity contribution in [2.75, 3.05) is 13.1 Å². The van der Waals surface area contributed by atoms with Crippen LogP contribution in [0, 0.1) is 0 Å². The van der Waals surface area contributed by atoms with Gasteiger partial charge in [0, 0.05) is 24.9 Å². The van der Waals surface area contributed by atoms with E-state index in [1.165, 1.54) is 29.6 Å². The average Bonchev–Trinajstić information content (AvgIpc) is 3.61. The molecule has 2 heterocycles. The summed E-state index contributed by atoms with van der Waals surface area (Å²) in [6.45, 7) is 0.712. The lowest BCUT2D eigenvalue weighted by molar-refractivity contribution is -0.145. The summed E-state index contributed by atoms with van der Waals surface area (Å²) in [5, 5.41) is 24.3. The molecule has 212 valence electrons. The Kier molecular flexibility index (Phi) is 10.8. The van der Waals surface area contributed by atoms with E-state index >= 15 is 0 Å². The van der Waals surface area contributed by atoms with Gasteiger partial charge in [0.25, 0.3) is 0 Å². The van der Waals surface area contributed by atoms with Gasteiger partial charge in [-0.1, -0.05) is 12.1 Å². The molecule has 13 nitrogen and oxygen atoms in total. The van der Waals surface area contributed by atoms with Gasteiger partial charge in [-0.2, -0.15) is 0 Å². The molecule has 13 heteroatoms. The average molecular weight is 544 g/mol. The van der Waals surface area contributed by atoms with Crippen molar-refractivity contribution in [1.29, 1.82) is 0 Å². The predicted molar refractivity (Wildman–Crippen MR) is 141 cm³/mol. The third kappa shape index (κ3) is 8.52. The number of phenols is 1. The maximum absolute atomic E-state index is 13.7. The number of aromatic nitrogens is 2. The van der Waals surface area contributed by atoms with E-state index in [1.54, 1.807) is 12.1 Å². The van der Waals surface area contributed by atoms with Crippen molar-refractivity contribution in [1.82, 2.24) is 25.5 Å². The van der Waals surface area contributed by atoms with Crippen molar-refractivity contribution in [3.05, 3.63) is 48.0 Å². The van der Waals surface area contributed by atoms with Crippen LogP contribution in [0.2, 0.25) is 0 Å². The van der Waals surface area contributed by atoms with Crippen LogP contribution in [0.25, 0.3) is 0 Å². The SMILES string of the molecule is NCCCCC(NC(=O)C1CCCN1C(=O)C(Cc1cnc[nH]1)NC(=O)C(N)Cc1ccc(O)cc1)C(=O)O. The summed E-state index contributed by atoms with van der Waals surface area (Å²) in [4.78, 5) is 59.7. The van der Waals surface area contributed by atoms with E-state index in [-0.39, 0.29) is 31.6 Å². The highest BCUT2D eigenvalue weighted by molar-refractivity contribution is 5.94. The number of aromatic amines is 1. The van der Waals surface area contributed by atoms with Crippen LogP contribution in [0.1, 0.15) is 43.4 Å². The number of unbranched alkanes of at least 4 members (excludes halogenated alkanes) is 1. The van der Waals surface area contributed by atoms with Gasteiger partial charge in [0.2, 0.25) is 17.7 Å². The number of carbonyl (C=O) groups is 4. The van der Waals surface area contributed by atoms with Crippen molar-refractivity contribution in [2.45, 2.75) is 69.1 Å². The number of carboxylic acids is 1. The minimum absolute atomic E-state index is 0.0939. The van der Waals surface area contributed by atoms with Crippen LogP contribution in [-0.4, -0.2) is 86.0 Å². The monoisotopic (exact) mass is 543 g/mol. The van der Waals surface area contributed by atoms with Gasteiger partial charge < -0.3 is 42.2 Å². The molecule has 9 N–H and O–H groups in total. The van der Waals surface area contributed by atoms with E-state index in [2.05, 4.69) is 20.6 Å². The van der Waals surface area contributed by atoms with Crippen LogP contribution >= 0.6 is 0 Å². The van der Waals surface area contributed by atoms with Gasteiger partial charge in [0.15, 0.2) is 0 Å². The summed E-state index contributed by atoms with van der Waals surface area (Å²) >= 11 is 0. The van der Waals surface area contributed by atoms with E-state index in [0.717, 1.165) is 5.56 Å². The van der Waals surface area contributed by atoms with Crippen LogP contribution in [0.5, 0.6) is 5.75 Å². The third-order valence-electron chi connectivity index (χ3n) is 6.72. The highest BCUT2D eigenvalue weighted by Crippen LogP contribution is 2.20. The summed E-state index contributed by atoms with van der Waals surface area (Å²) in [5.74, 6) is -2.62. The molecular weight excluding hydrogens is 506 g/mol. The molecule has 1 saturated heterocycles. The van der Waals surface area contributed by atoms with Crippen molar-refractivity contribution in [3.63, 3.8) is 0 Å². The minimum Gasteiger partial charge on any atom is -0.508 e. The Labute approximate surface area is 226 Å². The second kappa shape index (κ2) is 14.3. The van der Waals surface area contributed by atoms with Crippen LogP contribution < -0.4 is 22.1 Å². The van der Waals surface area contributed by atoms with E-state index in [0.29, 0.717) is 37.9 Å². The number of hydrogen-bond donors (Lipinski definition) is 7. The fraction of sp³-hybridized carbons (Fsp3) is 0.500. The van der Waals surface area contributed by atoms with Crippen molar-refractivity contribution < 1.29 is 29.4 Å². The van der Waals surface area contributed by atoms with Gasteiger partial charge in [-0.05, 0) is 62.8 Å². The van der Waals surface area contributed by atoms with Crippen LogP contribution in [0.15, 0.2) is 36.8 Å². The molecule has 0 spiro atoms. The van der Waals surface area contributed by atoms with Gasteiger partial charge >= 0.3 is 5.97 Å². The first kappa shape index (κ1) is 29.6. The number of hydrogen-bond acceptors (Lipinski definition) is 8. The first-order valence-electron chi connectivity index (χ1n) is 13.0. The van der Waals surface area contributed by atoms with E-state index in [9.17, 15) is 29.4 Å². The Hall–Kier alpha value is -3.97. The summed E-state index contributed by atoms with van der Waals surface area (Å²) < 4.78 is 0. The zero-order valence-corrected chi connectivity index (χ0v) is 21.7. The van der Waals surface area contributed by atoms with Gasteiger partial charge in [0.05, 0.1) is 12.4 Å². The lowest BCUT2D eigenvalue weighted by Gasteiger charge is -2.30. The van der Waals surface area contributed by atoms with Gasteiger partial charge in [-0.3, -0.25) is 14.4 Å². The summed E-state index contributed by atoms with van der Waals surface area (Å²) in [7, 11) is 0. The number of amides is 3. The number of nitrogens with one attached hydrogen (secondary N) is 3. The molecule has 1 aromatic heterocycles. The molecule has 1 aliphatic rings. The maximum Gasteiger partial charge on any atom is 0.326 e. The molecule has 1 aliphatic heterocycles. The number of aromatic hydroxyl groups is 1. The molecule has 1 aromatic carbocycles. The highest BCUT2D eigenvalue weighted by atomic mass is 16.4. The molecule has 0 bridgehead atoms. The Morgan fingerprint density at radius 2 is 1.85 bits per heavy atom. The number of imidazole rings is 1. The highest BCUT2D eigenvalue weighted by Gasteiger charge is 2.39. The number of likely N-dealkylation sites (tertiary alicyclic amines) is 1. The Morgan fingerprint density at radius 1 is 1.10 bits per heavy atom.